The number of imide groups is 2. The molecule has 298 valence electrons. The van der Waals surface area contributed by atoms with E-state index in [-0.39, 0.29) is 30.6 Å². The molecule has 4 heterocycles. The Morgan fingerprint density at radius 1 is 0.879 bits per heavy atom. The third-order valence-electron chi connectivity index (χ3n) is 11.2. The van der Waals surface area contributed by atoms with E-state index in [0.29, 0.717) is 19.0 Å². The van der Waals surface area contributed by atoms with Crippen LogP contribution in [0.15, 0.2) is 90.7 Å². The van der Waals surface area contributed by atoms with Crippen molar-refractivity contribution in [3.8, 4) is 22.6 Å². The van der Waals surface area contributed by atoms with E-state index in [2.05, 4.69) is 69.4 Å². The summed E-state index contributed by atoms with van der Waals surface area (Å²) in [7, 11) is 0. The molecule has 3 aromatic carbocycles. The van der Waals surface area contributed by atoms with Crippen LogP contribution in [0.25, 0.3) is 22.4 Å². The first-order valence-electron chi connectivity index (χ1n) is 19.6. The summed E-state index contributed by atoms with van der Waals surface area (Å²) < 4.78 is 13.6. The smallest absolute Gasteiger partial charge is 0.262 e. The molecule has 0 saturated carbocycles. The van der Waals surface area contributed by atoms with Crippen LogP contribution in [0.1, 0.15) is 63.7 Å². The molecule has 8 rings (SSSR count). The number of allylic oxidation sites excluding steroid dienone is 3. The highest BCUT2D eigenvalue weighted by Gasteiger charge is 2.44. The lowest BCUT2D eigenvalue weighted by Gasteiger charge is -2.36. The lowest BCUT2D eigenvalue weighted by molar-refractivity contribution is -0.136. The van der Waals surface area contributed by atoms with Gasteiger partial charge in [0, 0.05) is 62.2 Å². The van der Waals surface area contributed by atoms with Gasteiger partial charge in [-0.3, -0.25) is 34.3 Å². The van der Waals surface area contributed by atoms with Gasteiger partial charge in [0.05, 0.1) is 41.4 Å². The van der Waals surface area contributed by atoms with Crippen molar-refractivity contribution < 1.29 is 33.9 Å². The molecule has 1 unspecified atom stereocenters. The van der Waals surface area contributed by atoms with Crippen molar-refractivity contribution in [3.05, 3.63) is 114 Å². The number of hydrogen-bond donors (Lipinski definition) is 2. The second-order valence-electron chi connectivity index (χ2n) is 14.8. The molecule has 3 aliphatic heterocycles. The third kappa shape index (κ3) is 7.68. The van der Waals surface area contributed by atoms with Crippen LogP contribution in [-0.2, 0) is 20.7 Å². The minimum absolute atomic E-state index is 0.0683. The minimum atomic E-state index is -1.01. The summed E-state index contributed by atoms with van der Waals surface area (Å²) in [5.74, 6) is -1.74. The molecule has 2 saturated heterocycles. The summed E-state index contributed by atoms with van der Waals surface area (Å²) in [6.45, 7) is 11.5. The Bertz CT molecular complexity index is 2340. The molecule has 2 fully saturated rings. The van der Waals surface area contributed by atoms with Gasteiger partial charge in [0.1, 0.15) is 18.4 Å². The average Bonchev–Trinajstić information content (AvgIpc) is 3.94. The van der Waals surface area contributed by atoms with E-state index in [1.807, 2.05) is 23.7 Å². The van der Waals surface area contributed by atoms with Gasteiger partial charge in [0.25, 0.3) is 11.8 Å². The normalized spacial score (nSPS) is 19.2. The van der Waals surface area contributed by atoms with Gasteiger partial charge in [-0.1, -0.05) is 42.1 Å². The highest BCUT2D eigenvalue weighted by Crippen LogP contribution is 2.34. The maximum atomic E-state index is 13.1. The van der Waals surface area contributed by atoms with Crippen molar-refractivity contribution in [1.82, 2.24) is 24.9 Å². The van der Waals surface area contributed by atoms with Crippen molar-refractivity contribution >= 4 is 40.6 Å². The number of carbonyl (C=O) groups excluding carboxylic acids is 4. The van der Waals surface area contributed by atoms with E-state index in [1.54, 1.807) is 12.1 Å². The Morgan fingerprint density at radius 2 is 1.64 bits per heavy atom. The van der Waals surface area contributed by atoms with Gasteiger partial charge in [-0.25, -0.2) is 4.68 Å². The van der Waals surface area contributed by atoms with Crippen LogP contribution in [0.4, 0.5) is 5.69 Å². The van der Waals surface area contributed by atoms with E-state index in [1.165, 1.54) is 17.7 Å². The number of hydrogen-bond acceptors (Lipinski definition) is 11. The molecule has 0 spiro atoms. The molecule has 1 atom stereocenters. The molecular weight excluding hydrogens is 739 g/mol. The summed E-state index contributed by atoms with van der Waals surface area (Å²) in [6, 6.07) is 18.5. The highest BCUT2D eigenvalue weighted by atomic mass is 16.5. The Morgan fingerprint density at radius 3 is 2.40 bits per heavy atom. The molecule has 0 radical (unpaired) electrons. The number of aryl methyl sites for hydroxylation is 1. The van der Waals surface area contributed by atoms with Crippen LogP contribution in [-0.4, -0.2) is 113 Å². The number of fused-ring (bicyclic) bond motifs is 2. The summed E-state index contributed by atoms with van der Waals surface area (Å²) in [5, 5.41) is 20.1. The second kappa shape index (κ2) is 16.6. The lowest BCUT2D eigenvalue weighted by Crippen LogP contribution is -2.54. The molecule has 0 bridgehead atoms. The van der Waals surface area contributed by atoms with Gasteiger partial charge < -0.3 is 19.6 Å². The summed E-state index contributed by atoms with van der Waals surface area (Å²) >= 11 is 0. The predicted octanol–water partition coefficient (Wildman–Crippen LogP) is 4.87. The number of aromatic nitrogens is 2. The maximum absolute atomic E-state index is 13.1. The van der Waals surface area contributed by atoms with Crippen LogP contribution < -0.4 is 15.0 Å². The third-order valence-corrected chi connectivity index (χ3v) is 11.2. The summed E-state index contributed by atoms with van der Waals surface area (Å²) in [4.78, 5) is 55.6. The van der Waals surface area contributed by atoms with Crippen LogP contribution in [0, 0.1) is 0 Å². The fourth-order valence-electron chi connectivity index (χ4n) is 8.11. The minimum Gasteiger partial charge on any atom is -0.491 e. The maximum Gasteiger partial charge on any atom is 0.262 e. The zero-order valence-electron chi connectivity index (χ0n) is 32.4. The predicted molar refractivity (Wildman–Crippen MR) is 218 cm³/mol. The quantitative estimate of drug-likeness (QED) is 0.0630. The van der Waals surface area contributed by atoms with Crippen molar-refractivity contribution in [2.45, 2.75) is 38.6 Å². The molecule has 14 nitrogen and oxygen atoms in total. The number of carbonyl (C=O) groups is 4. The molecule has 4 aromatic rings. The molecule has 4 amide bonds. The van der Waals surface area contributed by atoms with E-state index < -0.39 is 29.7 Å². The fraction of sp³-hybridized carbons (Fsp3) is 0.318. The number of anilines is 1. The Balaban J connectivity index is 0.795. The number of piperazine rings is 1. The van der Waals surface area contributed by atoms with Crippen LogP contribution in [0.3, 0.4) is 0 Å². The fourth-order valence-corrected chi connectivity index (χ4v) is 8.11. The monoisotopic (exact) mass is 783 g/mol. The SMILES string of the molecule is C=C/C=C(\C)c1nn(-c2ccc(N3CCN(CCOCCOc4ccc5c(c4)C(=O)N(C4CCC(=O)NC4=O)C5=O)CC3)cc2)cc1-c1ccc2c(c1)CC/C2=N\O. The molecule has 4 aliphatic rings. The van der Waals surface area contributed by atoms with Crippen molar-refractivity contribution in [1.29, 1.82) is 0 Å². The van der Waals surface area contributed by atoms with Gasteiger partial charge in [0.15, 0.2) is 0 Å². The molecule has 1 aliphatic carbocycles. The highest BCUT2D eigenvalue weighted by molar-refractivity contribution is 6.23. The zero-order chi connectivity index (χ0) is 40.3. The van der Waals surface area contributed by atoms with E-state index in [0.717, 1.165) is 95.5 Å². The average molecular weight is 784 g/mol. The molecule has 58 heavy (non-hydrogen) atoms. The van der Waals surface area contributed by atoms with Gasteiger partial charge in [-0.15, -0.1) is 0 Å². The number of oxime groups is 1. The van der Waals surface area contributed by atoms with Gasteiger partial charge in [-0.2, -0.15) is 5.10 Å². The molecule has 1 aromatic heterocycles. The number of rotatable bonds is 13. The van der Waals surface area contributed by atoms with E-state index in [9.17, 15) is 24.4 Å². The van der Waals surface area contributed by atoms with Crippen LogP contribution in [0.5, 0.6) is 5.75 Å². The number of amides is 4. The van der Waals surface area contributed by atoms with Crippen molar-refractivity contribution in [2.24, 2.45) is 5.16 Å². The number of benzene rings is 3. The van der Waals surface area contributed by atoms with Crippen LogP contribution in [0.2, 0.25) is 0 Å². The van der Waals surface area contributed by atoms with Gasteiger partial charge >= 0.3 is 0 Å². The first-order valence-corrected chi connectivity index (χ1v) is 19.6. The topological polar surface area (TPSA) is 159 Å². The Hall–Kier alpha value is -6.38. The van der Waals surface area contributed by atoms with Gasteiger partial charge in [0.2, 0.25) is 11.8 Å². The second-order valence-corrected chi connectivity index (χ2v) is 14.8. The molecule has 14 heteroatoms. The molecular formula is C44H45N7O7. The first-order chi connectivity index (χ1) is 28.2. The largest absolute Gasteiger partial charge is 0.491 e. The number of nitrogens with one attached hydrogen (secondary N) is 1. The van der Waals surface area contributed by atoms with E-state index >= 15 is 0 Å². The number of nitrogens with zero attached hydrogens (tertiary/aromatic N) is 6. The Kier molecular flexibility index (Phi) is 11.0. The first kappa shape index (κ1) is 38.5. The van der Waals surface area contributed by atoms with Crippen molar-refractivity contribution in [3.63, 3.8) is 0 Å². The van der Waals surface area contributed by atoms with Crippen molar-refractivity contribution in [2.75, 3.05) is 57.4 Å². The summed E-state index contributed by atoms with van der Waals surface area (Å²) in [6.07, 6.45) is 7.58. The van der Waals surface area contributed by atoms with E-state index in [4.69, 9.17) is 14.6 Å². The van der Waals surface area contributed by atoms with Gasteiger partial charge in [-0.05, 0) is 85.4 Å². The summed E-state index contributed by atoms with van der Waals surface area (Å²) in [5.41, 5.74) is 9.44. The lowest BCUT2D eigenvalue weighted by atomic mass is 9.98. The zero-order valence-corrected chi connectivity index (χ0v) is 32.4. The molecule has 2 N–H and O–H groups in total. The standard InChI is InChI=1S/C44H45N7O7/c1-3-4-28(2)41-37(30-5-12-34-29(25-30)6-14-38(34)47-56)27-50(46-41)32-9-7-31(8-10-32)49-19-17-48(18-20-49)21-22-57-23-24-58-33-11-13-35-36(26-33)44(55)51(43(35)54)39-15-16-40(52)45-42(39)53/h3-5,7-13,25-27,39,56H,1,6,14-24H2,2H3,(H,45,52,53)/b28-4+,47-38+. The Labute approximate surface area is 336 Å². The number of ether oxygens (including phenoxy) is 2. The van der Waals surface area contributed by atoms with Crippen LogP contribution >= 0.6 is 0 Å². The number of piperidine rings is 1.